The largest absolute Gasteiger partial charge is 0.480 e. The molecule has 0 spiro atoms. The molecule has 0 aromatic heterocycles. The van der Waals surface area contributed by atoms with E-state index >= 15 is 0 Å². The van der Waals surface area contributed by atoms with Crippen LogP contribution < -0.4 is 11.3 Å². The van der Waals surface area contributed by atoms with Crippen molar-refractivity contribution in [3.05, 3.63) is 0 Å². The summed E-state index contributed by atoms with van der Waals surface area (Å²) in [6, 6.07) is 0. The molecule has 1 saturated carbocycles. The van der Waals surface area contributed by atoms with Crippen molar-refractivity contribution >= 4 is 5.97 Å². The number of nitrogens with one attached hydrogen (secondary N) is 1. The van der Waals surface area contributed by atoms with Crippen LogP contribution in [0, 0.1) is 0 Å². The van der Waals surface area contributed by atoms with Crippen LogP contribution in [0.1, 0.15) is 25.7 Å². The van der Waals surface area contributed by atoms with Crippen molar-refractivity contribution in [1.82, 2.24) is 5.43 Å². The predicted molar refractivity (Wildman–Crippen MR) is 36.2 cm³/mol. The SMILES string of the molecule is NNC1(C(=O)O)CCCC1. The molecule has 58 valence electrons. The van der Waals surface area contributed by atoms with Crippen LogP contribution in [0.4, 0.5) is 0 Å². The van der Waals surface area contributed by atoms with Gasteiger partial charge in [-0.1, -0.05) is 12.8 Å². The Morgan fingerprint density at radius 2 is 2.00 bits per heavy atom. The second-order valence-electron chi connectivity index (χ2n) is 2.74. The molecule has 0 atom stereocenters. The summed E-state index contributed by atoms with van der Waals surface area (Å²) in [6.07, 6.45) is 3.21. The average Bonchev–Trinajstić information content (AvgIpc) is 2.35. The van der Waals surface area contributed by atoms with Crippen LogP contribution >= 0.6 is 0 Å². The number of aliphatic carboxylic acids is 1. The molecule has 0 aromatic rings. The lowest BCUT2D eigenvalue weighted by Gasteiger charge is -2.21. The lowest BCUT2D eigenvalue weighted by atomic mass is 9.99. The van der Waals surface area contributed by atoms with Crippen molar-refractivity contribution in [2.75, 3.05) is 0 Å². The Morgan fingerprint density at radius 1 is 1.50 bits per heavy atom. The number of carboxylic acids is 1. The lowest BCUT2D eigenvalue weighted by molar-refractivity contribution is -0.144. The van der Waals surface area contributed by atoms with Gasteiger partial charge in [0.1, 0.15) is 5.54 Å². The molecule has 4 N–H and O–H groups in total. The average molecular weight is 144 g/mol. The maximum atomic E-state index is 10.6. The van der Waals surface area contributed by atoms with E-state index in [1.165, 1.54) is 0 Å². The van der Waals surface area contributed by atoms with Gasteiger partial charge in [0.2, 0.25) is 0 Å². The molecule has 1 rings (SSSR count). The smallest absolute Gasteiger partial charge is 0.325 e. The highest BCUT2D eigenvalue weighted by molar-refractivity contribution is 5.79. The molecule has 4 nitrogen and oxygen atoms in total. The number of rotatable bonds is 2. The Kier molecular flexibility index (Phi) is 1.92. The lowest BCUT2D eigenvalue weighted by Crippen LogP contribution is -2.53. The fourth-order valence-corrected chi connectivity index (χ4v) is 1.40. The van der Waals surface area contributed by atoms with Crippen molar-refractivity contribution in [2.45, 2.75) is 31.2 Å². The first kappa shape index (κ1) is 7.50. The van der Waals surface area contributed by atoms with Crippen LogP contribution in [0.3, 0.4) is 0 Å². The van der Waals surface area contributed by atoms with Gasteiger partial charge in [0.15, 0.2) is 0 Å². The molecule has 4 heteroatoms. The van der Waals surface area contributed by atoms with Gasteiger partial charge in [0, 0.05) is 0 Å². The molecule has 0 unspecified atom stereocenters. The Labute approximate surface area is 59.4 Å². The van der Waals surface area contributed by atoms with Gasteiger partial charge >= 0.3 is 5.97 Å². The third-order valence-corrected chi connectivity index (χ3v) is 2.14. The summed E-state index contributed by atoms with van der Waals surface area (Å²) in [5.41, 5.74) is 1.56. The van der Waals surface area contributed by atoms with E-state index in [0.29, 0.717) is 12.8 Å². The highest BCUT2D eigenvalue weighted by atomic mass is 16.4. The highest BCUT2D eigenvalue weighted by Gasteiger charge is 2.39. The molecule has 1 aliphatic rings. The minimum Gasteiger partial charge on any atom is -0.480 e. The van der Waals surface area contributed by atoms with Gasteiger partial charge in [-0.05, 0) is 12.8 Å². The zero-order valence-electron chi connectivity index (χ0n) is 5.76. The molecular formula is C6H12N2O2. The Hall–Kier alpha value is -0.610. The summed E-state index contributed by atoms with van der Waals surface area (Å²) in [4.78, 5) is 10.6. The van der Waals surface area contributed by atoms with E-state index in [1.54, 1.807) is 0 Å². The van der Waals surface area contributed by atoms with Crippen molar-refractivity contribution < 1.29 is 9.90 Å². The molecule has 0 aromatic carbocycles. The number of hydrogen-bond donors (Lipinski definition) is 3. The molecule has 0 heterocycles. The highest BCUT2D eigenvalue weighted by Crippen LogP contribution is 2.28. The zero-order valence-corrected chi connectivity index (χ0v) is 5.76. The minimum absolute atomic E-state index is 0.652. The van der Waals surface area contributed by atoms with Crippen LogP contribution in [-0.2, 0) is 4.79 Å². The molecule has 0 aliphatic heterocycles. The van der Waals surface area contributed by atoms with Crippen LogP contribution in [0.15, 0.2) is 0 Å². The van der Waals surface area contributed by atoms with Gasteiger partial charge in [-0.25, -0.2) is 5.43 Å². The maximum absolute atomic E-state index is 10.6. The molecule has 10 heavy (non-hydrogen) atoms. The molecule has 0 saturated heterocycles. The fourth-order valence-electron chi connectivity index (χ4n) is 1.40. The van der Waals surface area contributed by atoms with E-state index in [0.717, 1.165) is 12.8 Å². The van der Waals surface area contributed by atoms with E-state index < -0.39 is 11.5 Å². The number of hydrogen-bond acceptors (Lipinski definition) is 3. The van der Waals surface area contributed by atoms with Crippen LogP contribution in [-0.4, -0.2) is 16.6 Å². The van der Waals surface area contributed by atoms with Gasteiger partial charge in [-0.15, -0.1) is 0 Å². The Bertz CT molecular complexity index is 141. The third-order valence-electron chi connectivity index (χ3n) is 2.14. The third kappa shape index (κ3) is 0.998. The fraction of sp³-hybridized carbons (Fsp3) is 0.833. The second-order valence-corrected chi connectivity index (χ2v) is 2.74. The molecular weight excluding hydrogens is 132 g/mol. The quantitative estimate of drug-likeness (QED) is 0.372. The van der Waals surface area contributed by atoms with Crippen molar-refractivity contribution in [3.8, 4) is 0 Å². The van der Waals surface area contributed by atoms with Crippen LogP contribution in [0.25, 0.3) is 0 Å². The van der Waals surface area contributed by atoms with E-state index in [9.17, 15) is 4.79 Å². The van der Waals surface area contributed by atoms with E-state index in [1.807, 2.05) is 0 Å². The van der Waals surface area contributed by atoms with Gasteiger partial charge in [-0.3, -0.25) is 10.6 Å². The molecule has 1 aliphatic carbocycles. The summed E-state index contributed by atoms with van der Waals surface area (Å²) in [7, 11) is 0. The zero-order chi connectivity index (χ0) is 7.61. The number of nitrogens with two attached hydrogens (primary N) is 1. The molecule has 0 bridgehead atoms. The van der Waals surface area contributed by atoms with Gasteiger partial charge in [0.25, 0.3) is 0 Å². The molecule has 1 fully saturated rings. The number of carbonyl (C=O) groups is 1. The maximum Gasteiger partial charge on any atom is 0.325 e. The summed E-state index contributed by atoms with van der Waals surface area (Å²) in [5, 5.41) is 8.72. The predicted octanol–water partition coefficient (Wildman–Crippen LogP) is -0.153. The first-order valence-electron chi connectivity index (χ1n) is 3.42. The van der Waals surface area contributed by atoms with Crippen LogP contribution in [0.2, 0.25) is 0 Å². The normalized spacial score (nSPS) is 22.9. The second kappa shape index (κ2) is 2.56. The number of carboxylic acid groups (broad SMARTS) is 1. The van der Waals surface area contributed by atoms with E-state index in [2.05, 4.69) is 5.43 Å². The first-order valence-corrected chi connectivity index (χ1v) is 3.42. The number of hydrazine groups is 1. The minimum atomic E-state index is -0.826. The van der Waals surface area contributed by atoms with Gasteiger partial charge in [0.05, 0.1) is 0 Å². The molecule has 0 radical (unpaired) electrons. The molecule has 0 amide bonds. The monoisotopic (exact) mass is 144 g/mol. The van der Waals surface area contributed by atoms with Gasteiger partial charge < -0.3 is 5.11 Å². The van der Waals surface area contributed by atoms with Gasteiger partial charge in [-0.2, -0.15) is 0 Å². The Balaban J connectivity index is 2.67. The van der Waals surface area contributed by atoms with E-state index in [4.69, 9.17) is 10.9 Å². The summed E-state index contributed by atoms with van der Waals surface area (Å²) < 4.78 is 0. The van der Waals surface area contributed by atoms with Crippen molar-refractivity contribution in [3.63, 3.8) is 0 Å². The standard InChI is InChI=1S/C6H12N2O2/c7-8-6(5(9)10)3-1-2-4-6/h8H,1-4,7H2,(H,9,10). The topological polar surface area (TPSA) is 75.3 Å². The summed E-state index contributed by atoms with van der Waals surface area (Å²) in [5.74, 6) is 4.31. The van der Waals surface area contributed by atoms with Crippen molar-refractivity contribution in [2.24, 2.45) is 5.84 Å². The Morgan fingerprint density at radius 3 is 2.20 bits per heavy atom. The first-order chi connectivity index (χ1) is 4.71. The van der Waals surface area contributed by atoms with Crippen molar-refractivity contribution in [1.29, 1.82) is 0 Å². The summed E-state index contributed by atoms with van der Waals surface area (Å²) in [6.45, 7) is 0. The van der Waals surface area contributed by atoms with Crippen LogP contribution in [0.5, 0.6) is 0 Å². The van der Waals surface area contributed by atoms with E-state index in [-0.39, 0.29) is 0 Å². The summed E-state index contributed by atoms with van der Waals surface area (Å²) >= 11 is 0.